The number of amides is 3. The highest BCUT2D eigenvalue weighted by atomic mass is 16.7. The number of nitrogens with zero attached hydrogens (tertiary/aromatic N) is 1. The van der Waals surface area contributed by atoms with Crippen LogP contribution in [-0.4, -0.2) is 40.8 Å². The maximum absolute atomic E-state index is 14.2. The molecule has 3 amide bonds. The summed E-state index contributed by atoms with van der Waals surface area (Å²) >= 11 is 0. The molecule has 4 aliphatic rings. The molecule has 10 heteroatoms. The van der Waals surface area contributed by atoms with E-state index in [1.165, 1.54) is 12.1 Å². The zero-order valence-electron chi connectivity index (χ0n) is 20.9. The van der Waals surface area contributed by atoms with Crippen LogP contribution in [0.25, 0.3) is 0 Å². The smallest absolute Gasteiger partial charge is 0.250 e. The van der Waals surface area contributed by atoms with Crippen LogP contribution in [0.15, 0.2) is 54.6 Å². The van der Waals surface area contributed by atoms with Gasteiger partial charge in [0.1, 0.15) is 5.54 Å². The normalized spacial score (nSPS) is 26.3. The lowest BCUT2D eigenvalue weighted by molar-refractivity contribution is -0.130. The first-order valence-electron chi connectivity index (χ1n) is 12.8. The van der Waals surface area contributed by atoms with E-state index < -0.39 is 35.2 Å². The van der Waals surface area contributed by atoms with Gasteiger partial charge in [0, 0.05) is 23.4 Å². The zero-order valence-corrected chi connectivity index (χ0v) is 20.9. The van der Waals surface area contributed by atoms with Gasteiger partial charge in [-0.25, -0.2) is 4.90 Å². The topological polar surface area (TPSA) is 137 Å². The summed E-state index contributed by atoms with van der Waals surface area (Å²) in [6, 6.07) is 14.4. The van der Waals surface area contributed by atoms with E-state index in [0.29, 0.717) is 34.0 Å². The molecular formula is C29H25N3O7. The minimum Gasteiger partial charge on any atom is -0.504 e. The van der Waals surface area contributed by atoms with E-state index in [4.69, 9.17) is 9.47 Å². The molecule has 0 bridgehead atoms. The number of carbonyl (C=O) groups is 3. The highest BCUT2D eigenvalue weighted by Gasteiger charge is 2.70. The summed E-state index contributed by atoms with van der Waals surface area (Å²) in [6.45, 7) is 2.06. The van der Waals surface area contributed by atoms with E-state index in [9.17, 15) is 24.6 Å². The number of imide groups is 1. The van der Waals surface area contributed by atoms with Crippen molar-refractivity contribution < 1.29 is 34.1 Å². The molecule has 39 heavy (non-hydrogen) atoms. The van der Waals surface area contributed by atoms with E-state index in [-0.39, 0.29) is 30.6 Å². The Morgan fingerprint density at radius 2 is 1.72 bits per heavy atom. The lowest BCUT2D eigenvalue weighted by atomic mass is 9.76. The fourth-order valence-corrected chi connectivity index (χ4v) is 6.47. The second kappa shape index (κ2) is 8.21. The molecule has 10 nitrogen and oxygen atoms in total. The number of anilines is 2. The van der Waals surface area contributed by atoms with Crippen LogP contribution in [0, 0.1) is 11.8 Å². The number of hydrogen-bond acceptors (Lipinski definition) is 8. The van der Waals surface area contributed by atoms with Gasteiger partial charge in [-0.1, -0.05) is 25.1 Å². The second-order valence-electron chi connectivity index (χ2n) is 10.3. The predicted molar refractivity (Wildman–Crippen MR) is 139 cm³/mol. The molecule has 0 saturated carbocycles. The maximum atomic E-state index is 14.2. The third kappa shape index (κ3) is 3.21. The van der Waals surface area contributed by atoms with Crippen LogP contribution >= 0.6 is 0 Å². The van der Waals surface area contributed by atoms with Crippen LogP contribution in [0.2, 0.25) is 0 Å². The lowest BCUT2D eigenvalue weighted by Gasteiger charge is -2.30. The molecule has 198 valence electrons. The number of aromatic hydroxyl groups is 2. The minimum atomic E-state index is -1.45. The van der Waals surface area contributed by atoms with Gasteiger partial charge in [0.2, 0.25) is 24.5 Å². The van der Waals surface area contributed by atoms with Crippen molar-refractivity contribution in [3.05, 3.63) is 71.3 Å². The van der Waals surface area contributed by atoms with Crippen molar-refractivity contribution >= 4 is 29.1 Å². The van der Waals surface area contributed by atoms with Gasteiger partial charge in [-0.3, -0.25) is 19.7 Å². The Kier molecular flexibility index (Phi) is 4.96. The SMILES string of the molecule is CCc1ccc2c(c1)[C@@]1(N[C@@H](Cc3ccc(O)c(O)c3)[C@H]3C(=O)N(c4ccc5c(c4)OCO5)C(=O)[C@@H]31)C(=O)N2. The number of nitrogens with one attached hydrogen (secondary N) is 2. The molecule has 0 aliphatic carbocycles. The van der Waals surface area contributed by atoms with Gasteiger partial charge in [-0.15, -0.1) is 0 Å². The van der Waals surface area contributed by atoms with Gasteiger partial charge >= 0.3 is 0 Å². The van der Waals surface area contributed by atoms with Crippen molar-refractivity contribution in [2.45, 2.75) is 31.3 Å². The van der Waals surface area contributed by atoms with Crippen molar-refractivity contribution in [2.75, 3.05) is 17.0 Å². The highest BCUT2D eigenvalue weighted by molar-refractivity contribution is 6.26. The van der Waals surface area contributed by atoms with Crippen molar-refractivity contribution in [2.24, 2.45) is 11.8 Å². The molecule has 4 aliphatic heterocycles. The number of phenols is 2. The Balaban J connectivity index is 1.36. The molecule has 4 atom stereocenters. The van der Waals surface area contributed by atoms with Crippen molar-refractivity contribution in [3.63, 3.8) is 0 Å². The molecule has 2 saturated heterocycles. The molecule has 0 unspecified atom stereocenters. The van der Waals surface area contributed by atoms with Crippen LogP contribution in [0.3, 0.4) is 0 Å². The quantitative estimate of drug-likeness (QED) is 0.300. The Morgan fingerprint density at radius 3 is 2.51 bits per heavy atom. The molecule has 4 N–H and O–H groups in total. The number of phenolic OH excluding ortho intramolecular Hbond substituents is 2. The van der Waals surface area contributed by atoms with Gasteiger partial charge in [-0.05, 0) is 54.3 Å². The predicted octanol–water partition coefficient (Wildman–Crippen LogP) is 2.56. The van der Waals surface area contributed by atoms with E-state index in [1.54, 1.807) is 24.3 Å². The molecule has 1 spiro atoms. The standard InChI is InChI=1S/C29H25N3O7/c1-2-14-3-6-18-17(9-14)29(28(37)30-18)25-24(19(31-29)10-15-4-7-20(33)21(34)11-15)26(35)32(27(25)36)16-5-8-22-23(12-16)39-13-38-22/h3-9,11-12,19,24-25,31,33-34H,2,10,13H2,1H3,(H,30,37)/t19-,24+,25+,29-/m0/s1. The zero-order chi connectivity index (χ0) is 27.1. The van der Waals surface area contributed by atoms with Crippen LogP contribution in [-0.2, 0) is 32.8 Å². The molecule has 2 fully saturated rings. The fourth-order valence-electron chi connectivity index (χ4n) is 6.47. The van der Waals surface area contributed by atoms with E-state index in [1.807, 2.05) is 25.1 Å². The third-order valence-corrected chi connectivity index (χ3v) is 8.30. The number of fused-ring (bicyclic) bond motifs is 5. The number of ether oxygens (including phenoxy) is 2. The first-order valence-corrected chi connectivity index (χ1v) is 12.8. The summed E-state index contributed by atoms with van der Waals surface area (Å²) in [7, 11) is 0. The molecule has 0 radical (unpaired) electrons. The first-order chi connectivity index (χ1) is 18.8. The summed E-state index contributed by atoms with van der Waals surface area (Å²) in [4.78, 5) is 43.2. The van der Waals surface area contributed by atoms with Gasteiger partial charge in [0.25, 0.3) is 0 Å². The number of carbonyl (C=O) groups excluding carboxylic acids is 3. The molecule has 3 aromatic carbocycles. The minimum absolute atomic E-state index is 0.0528. The molecule has 7 rings (SSSR count). The lowest BCUT2D eigenvalue weighted by Crippen LogP contribution is -2.53. The average molecular weight is 528 g/mol. The fraction of sp³-hybridized carbons (Fsp3) is 0.276. The number of aryl methyl sites for hydroxylation is 1. The second-order valence-corrected chi connectivity index (χ2v) is 10.3. The molecular weight excluding hydrogens is 502 g/mol. The monoisotopic (exact) mass is 527 g/mol. The number of benzene rings is 3. The third-order valence-electron chi connectivity index (χ3n) is 8.30. The Hall–Kier alpha value is -4.57. The number of hydrogen-bond donors (Lipinski definition) is 4. The molecule has 3 aromatic rings. The number of rotatable bonds is 4. The van der Waals surface area contributed by atoms with Crippen LogP contribution < -0.4 is 25.0 Å². The summed E-state index contributed by atoms with van der Waals surface area (Å²) in [5.74, 6) is -2.73. The maximum Gasteiger partial charge on any atom is 0.250 e. The summed E-state index contributed by atoms with van der Waals surface area (Å²) in [5.41, 5.74) is 1.79. The van der Waals surface area contributed by atoms with E-state index >= 15 is 0 Å². The van der Waals surface area contributed by atoms with E-state index in [0.717, 1.165) is 16.9 Å². The largest absolute Gasteiger partial charge is 0.504 e. The van der Waals surface area contributed by atoms with Crippen molar-refractivity contribution in [1.82, 2.24) is 5.32 Å². The van der Waals surface area contributed by atoms with Gasteiger partial charge in [0.15, 0.2) is 23.0 Å². The van der Waals surface area contributed by atoms with Crippen LogP contribution in [0.4, 0.5) is 11.4 Å². The van der Waals surface area contributed by atoms with Crippen LogP contribution in [0.5, 0.6) is 23.0 Å². The summed E-state index contributed by atoms with van der Waals surface area (Å²) < 4.78 is 10.9. The Morgan fingerprint density at radius 1 is 0.923 bits per heavy atom. The molecule has 4 heterocycles. The van der Waals surface area contributed by atoms with Gasteiger partial charge < -0.3 is 25.0 Å². The van der Waals surface area contributed by atoms with Crippen molar-refractivity contribution in [3.8, 4) is 23.0 Å². The summed E-state index contributed by atoms with van der Waals surface area (Å²) in [6.07, 6.45) is 0.971. The average Bonchev–Trinajstić information content (AvgIpc) is 3.65. The Bertz CT molecular complexity index is 1590. The van der Waals surface area contributed by atoms with Gasteiger partial charge in [-0.2, -0.15) is 0 Å². The van der Waals surface area contributed by atoms with Crippen LogP contribution in [0.1, 0.15) is 23.6 Å². The van der Waals surface area contributed by atoms with Crippen molar-refractivity contribution in [1.29, 1.82) is 0 Å². The summed E-state index contributed by atoms with van der Waals surface area (Å²) in [5, 5.41) is 26.2. The molecule has 0 aromatic heterocycles. The van der Waals surface area contributed by atoms with E-state index in [2.05, 4.69) is 10.6 Å². The first kappa shape index (κ1) is 23.5. The Labute approximate surface area is 223 Å². The highest BCUT2D eigenvalue weighted by Crippen LogP contribution is 2.54. The van der Waals surface area contributed by atoms with Gasteiger partial charge in [0.05, 0.1) is 17.5 Å².